The third kappa shape index (κ3) is 3.87. The molecule has 0 bridgehead atoms. The quantitative estimate of drug-likeness (QED) is 0.636. The summed E-state index contributed by atoms with van der Waals surface area (Å²) >= 11 is 0. The minimum atomic E-state index is -0.0822. The van der Waals surface area contributed by atoms with Crippen LogP contribution < -0.4 is 0 Å². The third-order valence-electron chi connectivity index (χ3n) is 9.76. The number of hydrogen-bond donors (Lipinski definition) is 2. The summed E-state index contributed by atoms with van der Waals surface area (Å²) in [5, 5.41) is 20.8. The lowest BCUT2D eigenvalue weighted by atomic mass is 9.49. The minimum absolute atomic E-state index is 0.0140. The highest BCUT2D eigenvalue weighted by Crippen LogP contribution is 2.64. The van der Waals surface area contributed by atoms with Gasteiger partial charge >= 0.3 is 0 Å². The Morgan fingerprint density at radius 3 is 2.44 bits per heavy atom. The normalized spacial score (nSPS) is 48.0. The van der Waals surface area contributed by atoms with E-state index in [4.69, 9.17) is 0 Å². The Balaban J connectivity index is 1.41. The van der Waals surface area contributed by atoms with E-state index in [-0.39, 0.29) is 12.2 Å². The summed E-state index contributed by atoms with van der Waals surface area (Å²) in [6.45, 7) is 7.13. The van der Waals surface area contributed by atoms with E-state index in [1.54, 1.807) is 0 Å². The van der Waals surface area contributed by atoms with E-state index in [0.717, 1.165) is 67.6 Å². The van der Waals surface area contributed by atoms with Gasteiger partial charge in [-0.2, -0.15) is 0 Å². The van der Waals surface area contributed by atoms with Gasteiger partial charge in [0.25, 0.3) is 0 Å². The molecule has 4 fully saturated rings. The van der Waals surface area contributed by atoms with Crippen LogP contribution in [0.3, 0.4) is 0 Å². The van der Waals surface area contributed by atoms with Gasteiger partial charge in [0.15, 0.2) is 0 Å². The van der Waals surface area contributed by atoms with Crippen LogP contribution in [0.5, 0.6) is 0 Å². The molecule has 4 rings (SSSR count). The molecular weight excluding hydrogens is 332 g/mol. The average Bonchev–Trinajstić information content (AvgIpc) is 2.96. The van der Waals surface area contributed by atoms with Crippen molar-refractivity contribution in [3.05, 3.63) is 0 Å². The highest BCUT2D eigenvalue weighted by molar-refractivity contribution is 5.06. The van der Waals surface area contributed by atoms with Crippen molar-refractivity contribution in [2.24, 2.45) is 46.8 Å². The summed E-state index contributed by atoms with van der Waals surface area (Å²) < 4.78 is 0. The Morgan fingerprint density at radius 2 is 1.67 bits per heavy atom. The van der Waals surface area contributed by atoms with Crippen molar-refractivity contribution < 1.29 is 10.2 Å². The van der Waals surface area contributed by atoms with Crippen molar-refractivity contribution in [3.8, 4) is 0 Å². The summed E-state index contributed by atoms with van der Waals surface area (Å²) in [5.74, 6) is 5.97. The maximum absolute atomic E-state index is 10.7. The summed E-state index contributed by atoms with van der Waals surface area (Å²) in [5.41, 5.74) is 0.487. The second-order valence-corrected chi connectivity index (χ2v) is 11.6. The third-order valence-corrected chi connectivity index (χ3v) is 9.76. The minimum Gasteiger partial charge on any atom is -0.393 e. The van der Waals surface area contributed by atoms with E-state index in [9.17, 15) is 10.2 Å². The van der Waals surface area contributed by atoms with Crippen LogP contribution in [0, 0.1) is 46.8 Å². The summed E-state index contributed by atoms with van der Waals surface area (Å²) in [6, 6.07) is 0. The topological polar surface area (TPSA) is 40.5 Å². The first-order valence-corrected chi connectivity index (χ1v) is 12.2. The van der Waals surface area contributed by atoms with Crippen molar-refractivity contribution in [2.45, 2.75) is 110 Å². The van der Waals surface area contributed by atoms with Crippen LogP contribution >= 0.6 is 0 Å². The fourth-order valence-electron chi connectivity index (χ4n) is 8.30. The lowest BCUT2D eigenvalue weighted by Crippen LogP contribution is -2.49. The molecule has 156 valence electrons. The highest BCUT2D eigenvalue weighted by atomic mass is 16.3. The van der Waals surface area contributed by atoms with Crippen LogP contribution in [0.2, 0.25) is 0 Å². The van der Waals surface area contributed by atoms with Gasteiger partial charge in [-0.25, -0.2) is 0 Å². The number of aliphatic hydroxyl groups is 2. The van der Waals surface area contributed by atoms with E-state index < -0.39 is 0 Å². The maximum Gasteiger partial charge on any atom is 0.0543 e. The molecule has 4 aliphatic carbocycles. The molecule has 2 heteroatoms. The molecule has 4 saturated carbocycles. The molecular formula is C25H44O2. The lowest BCUT2D eigenvalue weighted by molar-refractivity contribution is -0.0807. The van der Waals surface area contributed by atoms with Crippen molar-refractivity contribution in [2.75, 3.05) is 0 Å². The standard InChI is InChI=1S/C25H44O2/c1-16(2)4-7-20(27)15-18-6-11-24-23-9-5-17-14-19(26)8-10-21(17)22(23)12-13-25(18,24)3/h16-24,26-27H,4-15H2,1-3H3. The van der Waals surface area contributed by atoms with Crippen LogP contribution in [-0.4, -0.2) is 22.4 Å². The second kappa shape index (κ2) is 7.98. The van der Waals surface area contributed by atoms with Gasteiger partial charge in [-0.15, -0.1) is 0 Å². The summed E-state index contributed by atoms with van der Waals surface area (Å²) in [4.78, 5) is 0. The van der Waals surface area contributed by atoms with Crippen molar-refractivity contribution in [3.63, 3.8) is 0 Å². The second-order valence-electron chi connectivity index (χ2n) is 11.6. The number of rotatable bonds is 5. The van der Waals surface area contributed by atoms with E-state index in [2.05, 4.69) is 20.8 Å². The van der Waals surface area contributed by atoms with Crippen molar-refractivity contribution in [1.29, 1.82) is 0 Å². The number of hydrogen-bond acceptors (Lipinski definition) is 2. The molecule has 0 aliphatic heterocycles. The van der Waals surface area contributed by atoms with E-state index in [1.165, 1.54) is 44.9 Å². The Kier molecular flexibility index (Phi) is 5.97. The first-order chi connectivity index (χ1) is 12.9. The molecule has 0 spiro atoms. The monoisotopic (exact) mass is 376 g/mol. The molecule has 0 radical (unpaired) electrons. The van der Waals surface area contributed by atoms with Gasteiger partial charge in [-0.05, 0) is 124 Å². The fraction of sp³-hybridized carbons (Fsp3) is 1.00. The van der Waals surface area contributed by atoms with Gasteiger partial charge < -0.3 is 10.2 Å². The smallest absolute Gasteiger partial charge is 0.0543 e. The lowest BCUT2D eigenvalue weighted by Gasteiger charge is -2.56. The van der Waals surface area contributed by atoms with Gasteiger partial charge in [0.1, 0.15) is 0 Å². The van der Waals surface area contributed by atoms with E-state index in [0.29, 0.717) is 11.3 Å². The molecule has 4 aliphatic rings. The summed E-state index contributed by atoms with van der Waals surface area (Å²) in [7, 11) is 0. The molecule has 0 aromatic heterocycles. The van der Waals surface area contributed by atoms with E-state index >= 15 is 0 Å². The Bertz CT molecular complexity index is 503. The van der Waals surface area contributed by atoms with Gasteiger partial charge in [-0.1, -0.05) is 20.8 Å². The first-order valence-electron chi connectivity index (χ1n) is 12.2. The van der Waals surface area contributed by atoms with Gasteiger partial charge in [-0.3, -0.25) is 0 Å². The summed E-state index contributed by atoms with van der Waals surface area (Å²) in [6.07, 6.45) is 14.9. The highest BCUT2D eigenvalue weighted by Gasteiger charge is 2.56. The van der Waals surface area contributed by atoms with E-state index in [1.807, 2.05) is 0 Å². The predicted octanol–water partition coefficient (Wildman–Crippen LogP) is 5.80. The Labute approximate surface area is 167 Å². The molecule has 2 N–H and O–H groups in total. The molecule has 0 heterocycles. The predicted molar refractivity (Wildman–Crippen MR) is 111 cm³/mol. The van der Waals surface area contributed by atoms with Crippen molar-refractivity contribution >= 4 is 0 Å². The molecule has 0 amide bonds. The van der Waals surface area contributed by atoms with Crippen LogP contribution in [0.15, 0.2) is 0 Å². The molecule has 0 saturated heterocycles. The van der Waals surface area contributed by atoms with Crippen LogP contribution in [0.25, 0.3) is 0 Å². The fourth-order valence-corrected chi connectivity index (χ4v) is 8.30. The average molecular weight is 377 g/mol. The Morgan fingerprint density at radius 1 is 0.889 bits per heavy atom. The zero-order valence-corrected chi connectivity index (χ0v) is 18.1. The zero-order valence-electron chi connectivity index (χ0n) is 18.1. The maximum atomic E-state index is 10.7. The largest absolute Gasteiger partial charge is 0.393 e. The first kappa shape index (κ1) is 20.2. The van der Waals surface area contributed by atoms with Crippen LogP contribution in [-0.2, 0) is 0 Å². The molecule has 9 unspecified atom stereocenters. The molecule has 9 atom stereocenters. The zero-order chi connectivity index (χ0) is 19.2. The Hall–Kier alpha value is -0.0800. The molecule has 27 heavy (non-hydrogen) atoms. The molecule has 0 aromatic carbocycles. The molecule has 2 nitrogen and oxygen atoms in total. The SMILES string of the molecule is CC(C)CCC(O)CC1CCC2C3CCC4CC(O)CCC4C3CCC12C. The van der Waals surface area contributed by atoms with Crippen LogP contribution in [0.1, 0.15) is 97.8 Å². The molecule has 0 aromatic rings. The van der Waals surface area contributed by atoms with Crippen molar-refractivity contribution in [1.82, 2.24) is 0 Å². The van der Waals surface area contributed by atoms with Gasteiger partial charge in [0, 0.05) is 0 Å². The number of aliphatic hydroxyl groups excluding tert-OH is 2. The van der Waals surface area contributed by atoms with Gasteiger partial charge in [0.2, 0.25) is 0 Å². The van der Waals surface area contributed by atoms with Crippen LogP contribution in [0.4, 0.5) is 0 Å². The number of fused-ring (bicyclic) bond motifs is 5. The van der Waals surface area contributed by atoms with Gasteiger partial charge in [0.05, 0.1) is 12.2 Å².